The molecule has 1 N–H and O–H groups in total. The largest absolute Gasteiger partial charge is 0.416 e. The van der Waals surface area contributed by atoms with Gasteiger partial charge in [-0.1, -0.05) is 30.3 Å². The molecule has 2 amide bonds. The van der Waals surface area contributed by atoms with Gasteiger partial charge in [0.05, 0.1) is 27.7 Å². The van der Waals surface area contributed by atoms with Gasteiger partial charge in [-0.15, -0.1) is 0 Å². The normalized spacial score (nSPS) is 16.8. The molecule has 1 fully saturated rings. The highest BCUT2D eigenvalue weighted by Gasteiger charge is 2.31. The summed E-state index contributed by atoms with van der Waals surface area (Å²) < 4.78 is 41.1. The summed E-state index contributed by atoms with van der Waals surface area (Å²) >= 11 is 6.49. The van der Waals surface area contributed by atoms with E-state index < -0.39 is 17.6 Å². The van der Waals surface area contributed by atoms with Crippen molar-refractivity contribution in [3.8, 4) is 0 Å². The number of aromatic nitrogens is 2. The minimum atomic E-state index is -4.57. The molecule has 2 aromatic carbocycles. The van der Waals surface area contributed by atoms with Gasteiger partial charge < -0.3 is 9.47 Å². The number of hydrogen-bond donors (Lipinski definition) is 1. The topological polar surface area (TPSA) is 67.2 Å². The lowest BCUT2D eigenvalue weighted by molar-refractivity contribution is -0.137. The fourth-order valence-corrected chi connectivity index (χ4v) is 4.48. The molecule has 178 valence electrons. The number of imidazole rings is 1. The Morgan fingerprint density at radius 2 is 1.94 bits per heavy atom. The van der Waals surface area contributed by atoms with Gasteiger partial charge in [-0.05, 0) is 55.7 Å². The molecule has 0 aliphatic carbocycles. The second kappa shape index (κ2) is 9.50. The van der Waals surface area contributed by atoms with Crippen molar-refractivity contribution in [3.05, 3.63) is 71.3 Å². The predicted molar refractivity (Wildman–Crippen MR) is 124 cm³/mol. The summed E-state index contributed by atoms with van der Waals surface area (Å²) in [5.41, 5.74) is 0.0435. The van der Waals surface area contributed by atoms with Crippen molar-refractivity contribution in [2.24, 2.45) is 0 Å². The highest BCUT2D eigenvalue weighted by molar-refractivity contribution is 6.35. The first kappa shape index (κ1) is 23.8. The van der Waals surface area contributed by atoms with Crippen molar-refractivity contribution in [2.75, 3.05) is 18.4 Å². The number of alkyl halides is 3. The van der Waals surface area contributed by atoms with E-state index in [1.807, 2.05) is 0 Å². The first-order valence-electron chi connectivity index (χ1n) is 10.8. The number of benzene rings is 2. The maximum Gasteiger partial charge on any atom is 0.416 e. The molecule has 0 saturated carbocycles. The van der Waals surface area contributed by atoms with Crippen LogP contribution >= 0.6 is 11.6 Å². The van der Waals surface area contributed by atoms with Gasteiger partial charge in [0.1, 0.15) is 0 Å². The van der Waals surface area contributed by atoms with Gasteiger partial charge in [0, 0.05) is 18.7 Å². The Kier molecular flexibility index (Phi) is 6.65. The number of amides is 2. The molecule has 0 spiro atoms. The Balaban J connectivity index is 1.75. The van der Waals surface area contributed by atoms with Gasteiger partial charge in [0.15, 0.2) is 0 Å². The number of carbonyl (C=O) groups excluding carboxylic acids is 2. The summed E-state index contributed by atoms with van der Waals surface area (Å²) in [5.74, 6) is -0.771. The minimum Gasteiger partial charge on any atom is -0.337 e. The second-order valence-electron chi connectivity index (χ2n) is 8.08. The van der Waals surface area contributed by atoms with Gasteiger partial charge in [-0.3, -0.25) is 14.9 Å². The molecular formula is C24H22ClF3N4O2. The second-order valence-corrected chi connectivity index (χ2v) is 8.49. The molecule has 1 atom stereocenters. The van der Waals surface area contributed by atoms with Gasteiger partial charge >= 0.3 is 6.18 Å². The van der Waals surface area contributed by atoms with Crippen LogP contribution in [0.3, 0.4) is 0 Å². The lowest BCUT2D eigenvalue weighted by atomic mass is 10.1. The standard InChI is InChI=1S/C24H22ClF3N4O2/c1-2-20(33)31-12-4-3-9-17(14-31)32-21-18(25)10-6-11-19(21)29-23(32)30-22(34)15-7-5-8-16(13-15)24(26,27)28/h2,5-8,10-11,13,17H,1,3-4,9,12,14H2,(H,29,30,34). The molecule has 0 bridgehead atoms. The van der Waals surface area contributed by atoms with E-state index >= 15 is 0 Å². The number of anilines is 1. The average molecular weight is 491 g/mol. The Morgan fingerprint density at radius 1 is 1.18 bits per heavy atom. The molecule has 34 heavy (non-hydrogen) atoms. The highest BCUT2D eigenvalue weighted by atomic mass is 35.5. The van der Waals surface area contributed by atoms with Crippen LogP contribution in [-0.4, -0.2) is 39.4 Å². The van der Waals surface area contributed by atoms with Crippen LogP contribution in [0, 0.1) is 0 Å². The fourth-order valence-electron chi connectivity index (χ4n) is 4.22. The zero-order valence-electron chi connectivity index (χ0n) is 18.1. The van der Waals surface area contributed by atoms with Gasteiger partial charge in [0.2, 0.25) is 11.9 Å². The Hall–Kier alpha value is -3.33. The molecular weight excluding hydrogens is 469 g/mol. The summed E-state index contributed by atoms with van der Waals surface area (Å²) in [4.78, 5) is 31.4. The average Bonchev–Trinajstić information content (AvgIpc) is 3.00. The third-order valence-electron chi connectivity index (χ3n) is 5.84. The SMILES string of the molecule is C=CC(=O)N1CCCCC(n2c(NC(=O)c3cccc(C(F)(F)F)c3)nc3cccc(Cl)c32)C1. The van der Waals surface area contributed by atoms with Gasteiger partial charge in [0.25, 0.3) is 5.91 Å². The van der Waals surface area contributed by atoms with Crippen molar-refractivity contribution in [3.63, 3.8) is 0 Å². The minimum absolute atomic E-state index is 0.149. The Bertz CT molecular complexity index is 1250. The quantitative estimate of drug-likeness (QED) is 0.477. The molecule has 3 aromatic rings. The van der Waals surface area contributed by atoms with E-state index in [1.54, 1.807) is 27.7 Å². The summed E-state index contributed by atoms with van der Waals surface area (Å²) in [7, 11) is 0. The highest BCUT2D eigenvalue weighted by Crippen LogP contribution is 2.34. The van der Waals surface area contributed by atoms with E-state index in [4.69, 9.17) is 11.6 Å². The van der Waals surface area contributed by atoms with E-state index in [1.165, 1.54) is 18.2 Å². The van der Waals surface area contributed by atoms with Crippen LogP contribution in [0.1, 0.15) is 41.2 Å². The number of rotatable bonds is 4. The molecule has 0 radical (unpaired) electrons. The fraction of sp³-hybridized carbons (Fsp3) is 0.292. The number of nitrogens with one attached hydrogen (secondary N) is 1. The van der Waals surface area contributed by atoms with Crippen molar-refractivity contribution in [1.82, 2.24) is 14.5 Å². The molecule has 1 saturated heterocycles. The number of halogens is 4. The smallest absolute Gasteiger partial charge is 0.337 e. The van der Waals surface area contributed by atoms with Crippen molar-refractivity contribution < 1.29 is 22.8 Å². The maximum absolute atomic E-state index is 13.1. The van der Waals surface area contributed by atoms with Crippen LogP contribution in [0.5, 0.6) is 0 Å². The monoisotopic (exact) mass is 490 g/mol. The van der Waals surface area contributed by atoms with Crippen molar-refractivity contribution in [2.45, 2.75) is 31.5 Å². The van der Waals surface area contributed by atoms with E-state index in [-0.39, 0.29) is 23.5 Å². The van der Waals surface area contributed by atoms with Crippen molar-refractivity contribution in [1.29, 1.82) is 0 Å². The van der Waals surface area contributed by atoms with Gasteiger partial charge in [-0.2, -0.15) is 13.2 Å². The van der Waals surface area contributed by atoms with Gasteiger partial charge in [-0.25, -0.2) is 4.98 Å². The number of fused-ring (bicyclic) bond motifs is 1. The lowest BCUT2D eigenvalue weighted by Gasteiger charge is -2.26. The van der Waals surface area contributed by atoms with E-state index in [0.717, 1.165) is 25.0 Å². The molecule has 2 heterocycles. The number of nitrogens with zero attached hydrogens (tertiary/aromatic N) is 3. The molecule has 10 heteroatoms. The maximum atomic E-state index is 13.1. The molecule has 1 aliphatic heterocycles. The summed E-state index contributed by atoms with van der Waals surface area (Å²) in [5, 5.41) is 3.07. The summed E-state index contributed by atoms with van der Waals surface area (Å²) in [6.45, 7) is 4.50. The van der Waals surface area contributed by atoms with Crippen LogP contribution in [0.25, 0.3) is 11.0 Å². The van der Waals surface area contributed by atoms with Crippen LogP contribution < -0.4 is 5.32 Å². The number of carbonyl (C=O) groups is 2. The van der Waals surface area contributed by atoms with Crippen molar-refractivity contribution >= 4 is 40.4 Å². The first-order valence-corrected chi connectivity index (χ1v) is 11.1. The Labute approximate surface area is 199 Å². The summed E-state index contributed by atoms with van der Waals surface area (Å²) in [6, 6.07) is 9.09. The zero-order chi connectivity index (χ0) is 24.5. The summed E-state index contributed by atoms with van der Waals surface area (Å²) in [6.07, 6.45) is -0.973. The number of likely N-dealkylation sites (tertiary alicyclic amines) is 1. The molecule has 6 nitrogen and oxygen atoms in total. The van der Waals surface area contributed by atoms with Crippen LogP contribution in [0.4, 0.5) is 19.1 Å². The molecule has 1 unspecified atom stereocenters. The van der Waals surface area contributed by atoms with Crippen LogP contribution in [-0.2, 0) is 11.0 Å². The zero-order valence-corrected chi connectivity index (χ0v) is 18.9. The molecule has 1 aliphatic rings. The van der Waals surface area contributed by atoms with E-state index in [2.05, 4.69) is 16.9 Å². The lowest BCUT2D eigenvalue weighted by Crippen LogP contribution is -2.34. The Morgan fingerprint density at radius 3 is 2.68 bits per heavy atom. The van der Waals surface area contributed by atoms with E-state index in [9.17, 15) is 22.8 Å². The van der Waals surface area contributed by atoms with E-state index in [0.29, 0.717) is 35.6 Å². The first-order chi connectivity index (χ1) is 16.2. The third kappa shape index (κ3) is 4.79. The van der Waals surface area contributed by atoms with Crippen LogP contribution in [0.15, 0.2) is 55.1 Å². The molecule has 1 aromatic heterocycles. The third-order valence-corrected chi connectivity index (χ3v) is 6.14. The number of para-hydroxylation sites is 1. The predicted octanol–water partition coefficient (Wildman–Crippen LogP) is 5.70. The number of hydrogen-bond acceptors (Lipinski definition) is 3. The molecule has 4 rings (SSSR count). The van der Waals surface area contributed by atoms with Crippen LogP contribution in [0.2, 0.25) is 5.02 Å².